The van der Waals surface area contributed by atoms with Crippen molar-refractivity contribution in [3.63, 3.8) is 0 Å². The predicted octanol–water partition coefficient (Wildman–Crippen LogP) is 7.96. The number of carbonyl (C=O) groups excluding carboxylic acids is 1. The summed E-state index contributed by atoms with van der Waals surface area (Å²) in [5, 5.41) is 0. The molecule has 1 heterocycles. The molecule has 2 aliphatic rings. The molecule has 1 aliphatic carbocycles. The summed E-state index contributed by atoms with van der Waals surface area (Å²) in [6.45, 7) is 9.49. The maximum atomic E-state index is 15.0. The van der Waals surface area contributed by atoms with E-state index in [9.17, 15) is 13.6 Å². The number of epoxide rings is 1. The lowest BCUT2D eigenvalue weighted by Crippen LogP contribution is -2.13. The van der Waals surface area contributed by atoms with Crippen molar-refractivity contribution < 1.29 is 27.4 Å². The van der Waals surface area contributed by atoms with Crippen LogP contribution in [0.3, 0.4) is 0 Å². The maximum absolute atomic E-state index is 15.0. The fourth-order valence-corrected chi connectivity index (χ4v) is 4.51. The maximum Gasteiger partial charge on any atom is 0.343 e. The lowest BCUT2D eigenvalue weighted by atomic mass is 9.78. The molecule has 0 N–H and O–H groups in total. The minimum Gasteiger partial charge on any atom is -0.423 e. The zero-order valence-corrected chi connectivity index (χ0v) is 20.2. The molecule has 1 saturated heterocycles. The molecule has 6 heteroatoms. The van der Waals surface area contributed by atoms with Gasteiger partial charge >= 0.3 is 5.97 Å². The summed E-state index contributed by atoms with van der Waals surface area (Å²) in [5.74, 6) is -2.58. The summed E-state index contributed by atoms with van der Waals surface area (Å²) in [4.78, 5) is 12.5. The van der Waals surface area contributed by atoms with Gasteiger partial charge < -0.3 is 9.47 Å². The Morgan fingerprint density at radius 3 is 2.31 bits per heavy atom. The van der Waals surface area contributed by atoms with Crippen molar-refractivity contribution in [1.82, 2.24) is 0 Å². The van der Waals surface area contributed by atoms with Crippen LogP contribution in [-0.2, 0) is 9.47 Å². The number of esters is 1. The summed E-state index contributed by atoms with van der Waals surface area (Å²) in [6.07, 6.45) is 7.60. The van der Waals surface area contributed by atoms with E-state index in [1.807, 2.05) is 6.08 Å². The van der Waals surface area contributed by atoms with Crippen LogP contribution in [0.15, 0.2) is 84.9 Å². The highest BCUT2D eigenvalue weighted by atomic mass is 19.2. The highest BCUT2D eigenvalue weighted by molar-refractivity contribution is 5.91. The molecule has 0 bridgehead atoms. The number of ether oxygens (including phenoxy) is 2. The molecule has 2 aromatic carbocycles. The molecule has 1 atom stereocenters. The first kappa shape index (κ1) is 25.7. The summed E-state index contributed by atoms with van der Waals surface area (Å²) in [7, 11) is 0. The minimum absolute atomic E-state index is 0.00410. The molecule has 0 radical (unpaired) electrons. The number of hydrogen-bond donors (Lipinski definition) is 0. The quantitative estimate of drug-likeness (QED) is 0.123. The average Bonchev–Trinajstić information content (AvgIpc) is 3.75. The Labute approximate surface area is 209 Å². The van der Waals surface area contributed by atoms with E-state index in [-0.39, 0.29) is 34.5 Å². The molecule has 1 aliphatic heterocycles. The molecule has 2 fully saturated rings. The summed E-state index contributed by atoms with van der Waals surface area (Å²) < 4.78 is 54.5. The summed E-state index contributed by atoms with van der Waals surface area (Å²) in [5.41, 5.74) is 1.35. The Bertz CT molecular complexity index is 1210. The molecule has 1 unspecified atom stereocenters. The number of carbonyl (C=O) groups is 1. The first-order valence-corrected chi connectivity index (χ1v) is 12.1. The Hall–Kier alpha value is -3.38. The van der Waals surface area contributed by atoms with E-state index >= 15 is 4.39 Å². The standard InChI is InChI=1S/C30H29F3O3/c1-4-19-6-8-20(9-7-19)24-14-15-25(29(33)28(24)32)21-10-12-22(13-11-21)30(34)36-23(5-2)16-26(31)18(3)27-17-35-27/h4-5,10-16,19-20,27H,1,3,6-9,17H2,2H3/b23-5+,26-16+. The molecule has 36 heavy (non-hydrogen) atoms. The van der Waals surface area contributed by atoms with Gasteiger partial charge in [-0.05, 0) is 73.8 Å². The van der Waals surface area contributed by atoms with Crippen LogP contribution in [-0.4, -0.2) is 18.7 Å². The van der Waals surface area contributed by atoms with E-state index in [0.717, 1.165) is 31.8 Å². The van der Waals surface area contributed by atoms with Gasteiger partial charge in [-0.15, -0.1) is 6.58 Å². The molecule has 0 aromatic heterocycles. The lowest BCUT2D eigenvalue weighted by molar-refractivity contribution is 0.0636. The Morgan fingerprint density at radius 1 is 1.06 bits per heavy atom. The average molecular weight is 495 g/mol. The van der Waals surface area contributed by atoms with Crippen molar-refractivity contribution in [1.29, 1.82) is 0 Å². The van der Waals surface area contributed by atoms with Crippen LogP contribution in [0.25, 0.3) is 11.1 Å². The van der Waals surface area contributed by atoms with Crippen molar-refractivity contribution in [2.24, 2.45) is 5.92 Å². The van der Waals surface area contributed by atoms with Crippen LogP contribution in [0.5, 0.6) is 0 Å². The summed E-state index contributed by atoms with van der Waals surface area (Å²) in [6, 6.07) is 9.23. The smallest absolute Gasteiger partial charge is 0.343 e. The van der Waals surface area contributed by atoms with Crippen LogP contribution < -0.4 is 0 Å². The van der Waals surface area contributed by atoms with Crippen LogP contribution in [0.2, 0.25) is 0 Å². The third-order valence-electron chi connectivity index (χ3n) is 6.88. The molecule has 1 saturated carbocycles. The molecular formula is C30H29F3O3. The zero-order chi connectivity index (χ0) is 25.8. The molecule has 4 rings (SSSR count). The molecule has 2 aromatic rings. The molecule has 188 valence electrons. The topological polar surface area (TPSA) is 38.8 Å². The van der Waals surface area contributed by atoms with Gasteiger partial charge in [-0.2, -0.15) is 0 Å². The van der Waals surface area contributed by atoms with Crippen molar-refractivity contribution in [3.8, 4) is 11.1 Å². The van der Waals surface area contributed by atoms with Crippen LogP contribution in [0.4, 0.5) is 13.2 Å². The van der Waals surface area contributed by atoms with E-state index in [1.54, 1.807) is 19.1 Å². The molecule has 0 spiro atoms. The number of hydrogen-bond acceptors (Lipinski definition) is 3. The second kappa shape index (κ2) is 11.1. The van der Waals surface area contributed by atoms with Crippen LogP contribution in [0, 0.1) is 17.6 Å². The number of rotatable bonds is 8. The van der Waals surface area contributed by atoms with Gasteiger partial charge in [-0.3, -0.25) is 0 Å². The third kappa shape index (κ3) is 5.71. The van der Waals surface area contributed by atoms with E-state index in [1.165, 1.54) is 30.3 Å². The molecule has 3 nitrogen and oxygen atoms in total. The second-order valence-corrected chi connectivity index (χ2v) is 9.18. The van der Waals surface area contributed by atoms with Gasteiger partial charge in [0.25, 0.3) is 0 Å². The molecular weight excluding hydrogens is 465 g/mol. The van der Waals surface area contributed by atoms with Gasteiger partial charge in [0.2, 0.25) is 0 Å². The number of halogens is 3. The number of allylic oxidation sites excluding steroid dienone is 3. The second-order valence-electron chi connectivity index (χ2n) is 9.18. The highest BCUT2D eigenvalue weighted by Crippen LogP contribution is 2.39. The van der Waals surface area contributed by atoms with E-state index in [2.05, 4.69) is 13.2 Å². The first-order valence-electron chi connectivity index (χ1n) is 12.1. The van der Waals surface area contributed by atoms with Gasteiger partial charge in [0.15, 0.2) is 11.6 Å². The highest BCUT2D eigenvalue weighted by Gasteiger charge is 2.29. The van der Waals surface area contributed by atoms with Crippen molar-refractivity contribution in [2.45, 2.75) is 44.6 Å². The van der Waals surface area contributed by atoms with Crippen molar-refractivity contribution >= 4 is 5.97 Å². The van der Waals surface area contributed by atoms with E-state index < -0.39 is 23.4 Å². The predicted molar refractivity (Wildman–Crippen MR) is 134 cm³/mol. The Balaban J connectivity index is 1.45. The van der Waals surface area contributed by atoms with Crippen LogP contribution in [0.1, 0.15) is 54.4 Å². The van der Waals surface area contributed by atoms with Gasteiger partial charge in [0, 0.05) is 17.2 Å². The first-order chi connectivity index (χ1) is 17.3. The summed E-state index contributed by atoms with van der Waals surface area (Å²) >= 11 is 0. The van der Waals surface area contributed by atoms with Crippen LogP contribution >= 0.6 is 0 Å². The van der Waals surface area contributed by atoms with Crippen molar-refractivity contribution in [3.05, 3.63) is 108 Å². The third-order valence-corrected chi connectivity index (χ3v) is 6.88. The Kier molecular flexibility index (Phi) is 7.94. The van der Waals surface area contributed by atoms with E-state index in [0.29, 0.717) is 23.7 Å². The normalized spacial score (nSPS) is 22.2. The van der Waals surface area contributed by atoms with E-state index in [4.69, 9.17) is 9.47 Å². The lowest BCUT2D eigenvalue weighted by Gasteiger charge is -2.27. The van der Waals surface area contributed by atoms with Gasteiger partial charge in [0.05, 0.1) is 12.2 Å². The largest absolute Gasteiger partial charge is 0.423 e. The minimum atomic E-state index is -0.898. The SMILES string of the molecule is C=CC1CCC(c2ccc(-c3ccc(C(=O)OC(=C/C)/C=C(/F)C(=C)C4CO4)cc3)c(F)c2F)CC1. The van der Waals surface area contributed by atoms with Gasteiger partial charge in [0.1, 0.15) is 17.7 Å². The van der Waals surface area contributed by atoms with Gasteiger partial charge in [-0.1, -0.05) is 36.9 Å². The fourth-order valence-electron chi connectivity index (χ4n) is 4.51. The number of benzene rings is 2. The fraction of sp³-hybridized carbons (Fsp3) is 0.300. The Morgan fingerprint density at radius 2 is 1.72 bits per heavy atom. The van der Waals surface area contributed by atoms with Gasteiger partial charge in [-0.25, -0.2) is 18.0 Å². The monoisotopic (exact) mass is 494 g/mol. The zero-order valence-electron chi connectivity index (χ0n) is 20.2. The molecule has 0 amide bonds. The van der Waals surface area contributed by atoms with Crippen molar-refractivity contribution in [2.75, 3.05) is 6.61 Å².